The van der Waals surface area contributed by atoms with Crippen molar-refractivity contribution in [2.45, 2.75) is 6.10 Å². The zero-order valence-corrected chi connectivity index (χ0v) is 13.1. The largest absolute Gasteiger partial charge is 0.491 e. The van der Waals surface area contributed by atoms with Gasteiger partial charge in [0.05, 0.1) is 11.6 Å². The van der Waals surface area contributed by atoms with E-state index in [-0.39, 0.29) is 6.10 Å². The van der Waals surface area contributed by atoms with Gasteiger partial charge in [-0.1, -0.05) is 23.7 Å². The number of benzene rings is 1. The third kappa shape index (κ3) is 3.95. The van der Waals surface area contributed by atoms with Crippen molar-refractivity contribution in [3.63, 3.8) is 0 Å². The summed E-state index contributed by atoms with van der Waals surface area (Å²) in [5, 5.41) is 3.69. The van der Waals surface area contributed by atoms with Crippen LogP contribution in [0.4, 0.5) is 0 Å². The second-order valence-corrected chi connectivity index (χ2v) is 6.14. The molecule has 0 spiro atoms. The number of ether oxygens (including phenoxy) is 2. The Morgan fingerprint density at radius 1 is 1.43 bits per heavy atom. The van der Waals surface area contributed by atoms with Crippen LogP contribution in [-0.4, -0.2) is 42.7 Å². The standard InChI is InChI=1S/C15H17ClN2O2S/c16-12-3-1-2-4-13(12)19-8-6-18-7-9-20-14(11-18)15-17-5-10-21-15/h1-5,10,14H,6-9,11H2/t14-/m1/s1. The van der Waals surface area contributed by atoms with Crippen molar-refractivity contribution in [2.24, 2.45) is 0 Å². The van der Waals surface area contributed by atoms with Gasteiger partial charge in [-0.25, -0.2) is 4.98 Å². The Bertz CT molecular complexity index is 565. The lowest BCUT2D eigenvalue weighted by Gasteiger charge is -2.31. The van der Waals surface area contributed by atoms with E-state index in [2.05, 4.69) is 9.88 Å². The number of hydrogen-bond donors (Lipinski definition) is 0. The van der Waals surface area contributed by atoms with Crippen LogP contribution in [0.3, 0.4) is 0 Å². The fourth-order valence-electron chi connectivity index (χ4n) is 2.30. The summed E-state index contributed by atoms with van der Waals surface area (Å²) >= 11 is 7.71. The normalized spacial score (nSPS) is 19.6. The van der Waals surface area contributed by atoms with Gasteiger partial charge in [0.2, 0.25) is 0 Å². The third-order valence-electron chi connectivity index (χ3n) is 3.38. The molecular weight excluding hydrogens is 308 g/mol. The highest BCUT2D eigenvalue weighted by Gasteiger charge is 2.23. The minimum absolute atomic E-state index is 0.0825. The first-order chi connectivity index (χ1) is 10.3. The summed E-state index contributed by atoms with van der Waals surface area (Å²) in [5.41, 5.74) is 0. The summed E-state index contributed by atoms with van der Waals surface area (Å²) < 4.78 is 11.5. The number of morpholine rings is 1. The fraction of sp³-hybridized carbons (Fsp3) is 0.400. The number of aromatic nitrogens is 1. The highest BCUT2D eigenvalue weighted by Crippen LogP contribution is 2.25. The molecule has 0 aliphatic carbocycles. The van der Waals surface area contributed by atoms with E-state index in [0.29, 0.717) is 11.6 Å². The molecule has 0 unspecified atom stereocenters. The number of hydrogen-bond acceptors (Lipinski definition) is 5. The molecule has 4 nitrogen and oxygen atoms in total. The van der Waals surface area contributed by atoms with Gasteiger partial charge < -0.3 is 9.47 Å². The topological polar surface area (TPSA) is 34.6 Å². The lowest BCUT2D eigenvalue weighted by Crippen LogP contribution is -2.40. The van der Waals surface area contributed by atoms with E-state index in [4.69, 9.17) is 21.1 Å². The average Bonchev–Trinajstić information content (AvgIpc) is 3.04. The van der Waals surface area contributed by atoms with Gasteiger partial charge in [0.25, 0.3) is 0 Å². The Hall–Kier alpha value is -1.14. The molecule has 1 aromatic heterocycles. The Morgan fingerprint density at radius 2 is 2.33 bits per heavy atom. The average molecular weight is 325 g/mol. The van der Waals surface area contributed by atoms with Crippen molar-refractivity contribution in [2.75, 3.05) is 32.8 Å². The quantitative estimate of drug-likeness (QED) is 0.845. The SMILES string of the molecule is Clc1ccccc1OCCN1CCO[C@@H](c2nccs2)C1. The van der Waals surface area contributed by atoms with E-state index in [1.807, 2.05) is 35.8 Å². The molecular formula is C15H17ClN2O2S. The molecule has 0 N–H and O–H groups in total. The van der Waals surface area contributed by atoms with Gasteiger partial charge in [-0.3, -0.25) is 4.90 Å². The van der Waals surface area contributed by atoms with Crippen LogP contribution in [0, 0.1) is 0 Å². The summed E-state index contributed by atoms with van der Waals surface area (Å²) in [6.45, 7) is 3.99. The van der Waals surface area contributed by atoms with Crippen LogP contribution in [0.5, 0.6) is 5.75 Å². The van der Waals surface area contributed by atoms with Gasteiger partial charge in [0, 0.05) is 31.2 Å². The van der Waals surface area contributed by atoms with Crippen LogP contribution < -0.4 is 4.74 Å². The fourth-order valence-corrected chi connectivity index (χ4v) is 3.16. The second-order valence-electron chi connectivity index (χ2n) is 4.81. The number of rotatable bonds is 5. The van der Waals surface area contributed by atoms with Gasteiger partial charge >= 0.3 is 0 Å². The summed E-state index contributed by atoms with van der Waals surface area (Å²) in [7, 11) is 0. The zero-order valence-electron chi connectivity index (χ0n) is 11.6. The van der Waals surface area contributed by atoms with Gasteiger partial charge in [0.1, 0.15) is 23.5 Å². The summed E-state index contributed by atoms with van der Waals surface area (Å²) in [4.78, 5) is 6.67. The first-order valence-electron chi connectivity index (χ1n) is 6.93. The molecule has 112 valence electrons. The van der Waals surface area contributed by atoms with E-state index < -0.39 is 0 Å². The Kier molecular flexibility index (Phi) is 5.08. The second kappa shape index (κ2) is 7.22. The van der Waals surface area contributed by atoms with Crippen LogP contribution in [0.15, 0.2) is 35.8 Å². The molecule has 2 aromatic rings. The van der Waals surface area contributed by atoms with Crippen LogP contribution in [-0.2, 0) is 4.74 Å². The minimum Gasteiger partial charge on any atom is -0.491 e. The molecule has 1 aliphatic heterocycles. The van der Waals surface area contributed by atoms with E-state index in [1.165, 1.54) is 0 Å². The maximum Gasteiger partial charge on any atom is 0.137 e. The van der Waals surface area contributed by atoms with Gasteiger partial charge in [0.15, 0.2) is 0 Å². The van der Waals surface area contributed by atoms with Crippen LogP contribution >= 0.6 is 22.9 Å². The van der Waals surface area contributed by atoms with E-state index in [0.717, 1.165) is 37.0 Å². The molecule has 0 radical (unpaired) electrons. The molecule has 1 saturated heterocycles. The molecule has 1 atom stereocenters. The molecule has 21 heavy (non-hydrogen) atoms. The number of para-hydroxylation sites is 1. The van der Waals surface area contributed by atoms with Gasteiger partial charge in [-0.2, -0.15) is 0 Å². The van der Waals surface area contributed by atoms with Crippen molar-refractivity contribution in [1.29, 1.82) is 0 Å². The van der Waals surface area contributed by atoms with Crippen molar-refractivity contribution in [3.05, 3.63) is 45.9 Å². The Balaban J connectivity index is 1.48. The van der Waals surface area contributed by atoms with E-state index in [9.17, 15) is 0 Å². The first kappa shape index (κ1) is 14.8. The van der Waals surface area contributed by atoms with Crippen molar-refractivity contribution >= 4 is 22.9 Å². The van der Waals surface area contributed by atoms with Crippen LogP contribution in [0.1, 0.15) is 11.1 Å². The molecule has 0 bridgehead atoms. The summed E-state index contributed by atoms with van der Waals surface area (Å²) in [5.74, 6) is 0.740. The molecule has 2 heterocycles. The lowest BCUT2D eigenvalue weighted by atomic mass is 10.3. The smallest absolute Gasteiger partial charge is 0.137 e. The number of halogens is 1. The monoisotopic (exact) mass is 324 g/mol. The van der Waals surface area contributed by atoms with E-state index in [1.54, 1.807) is 11.3 Å². The van der Waals surface area contributed by atoms with Crippen molar-refractivity contribution < 1.29 is 9.47 Å². The van der Waals surface area contributed by atoms with Gasteiger partial charge in [-0.15, -0.1) is 11.3 Å². The predicted octanol–water partition coefficient (Wildman–Crippen LogP) is 3.25. The summed E-state index contributed by atoms with van der Waals surface area (Å²) in [6.07, 6.45) is 1.90. The van der Waals surface area contributed by atoms with Crippen molar-refractivity contribution in [1.82, 2.24) is 9.88 Å². The van der Waals surface area contributed by atoms with E-state index >= 15 is 0 Å². The molecule has 3 rings (SSSR count). The maximum absolute atomic E-state index is 6.07. The third-order valence-corrected chi connectivity index (χ3v) is 4.56. The lowest BCUT2D eigenvalue weighted by molar-refractivity contribution is -0.0329. The van der Waals surface area contributed by atoms with Crippen LogP contribution in [0.25, 0.3) is 0 Å². The molecule has 1 fully saturated rings. The zero-order chi connectivity index (χ0) is 14.5. The molecule has 1 aliphatic rings. The molecule has 6 heteroatoms. The Labute approximate surface area is 133 Å². The molecule has 1 aromatic carbocycles. The number of nitrogens with zero attached hydrogens (tertiary/aromatic N) is 2. The Morgan fingerprint density at radius 3 is 3.14 bits per heavy atom. The highest BCUT2D eigenvalue weighted by atomic mass is 35.5. The summed E-state index contributed by atoms with van der Waals surface area (Å²) in [6, 6.07) is 7.55. The number of thiazole rings is 1. The molecule has 0 saturated carbocycles. The highest BCUT2D eigenvalue weighted by molar-refractivity contribution is 7.09. The minimum atomic E-state index is 0.0825. The predicted molar refractivity (Wildman–Crippen MR) is 84.2 cm³/mol. The van der Waals surface area contributed by atoms with Crippen LogP contribution in [0.2, 0.25) is 5.02 Å². The maximum atomic E-state index is 6.07. The first-order valence-corrected chi connectivity index (χ1v) is 8.19. The van der Waals surface area contributed by atoms with Crippen molar-refractivity contribution in [3.8, 4) is 5.75 Å². The molecule has 0 amide bonds. The van der Waals surface area contributed by atoms with Gasteiger partial charge in [-0.05, 0) is 12.1 Å².